The second kappa shape index (κ2) is 9.87. The van der Waals surface area contributed by atoms with Crippen molar-refractivity contribution >= 4 is 39.6 Å². The van der Waals surface area contributed by atoms with Crippen LogP contribution in [0.5, 0.6) is 11.5 Å². The van der Waals surface area contributed by atoms with Crippen LogP contribution in [0, 0.1) is 5.41 Å². The smallest absolute Gasteiger partial charge is 0.203 e. The Morgan fingerprint density at radius 2 is 1.43 bits per heavy atom. The summed E-state index contributed by atoms with van der Waals surface area (Å²) in [6.45, 7) is 1.60. The largest absolute Gasteiger partial charge is 0.493 e. The summed E-state index contributed by atoms with van der Waals surface area (Å²) < 4.78 is 15.2. The van der Waals surface area contributed by atoms with Crippen LogP contribution in [0.2, 0.25) is 5.02 Å². The van der Waals surface area contributed by atoms with E-state index in [9.17, 15) is 0 Å². The van der Waals surface area contributed by atoms with Gasteiger partial charge in [-0.2, -0.15) is 0 Å². The fourth-order valence-corrected chi connectivity index (χ4v) is 3.56. The number of rotatable bonds is 7. The highest BCUT2D eigenvalue weighted by Gasteiger charge is 2.11. The van der Waals surface area contributed by atoms with E-state index in [0.717, 1.165) is 16.6 Å². The van der Waals surface area contributed by atoms with Gasteiger partial charge in [0.1, 0.15) is 6.61 Å². The first-order valence-corrected chi connectivity index (χ1v) is 9.78. The lowest BCUT2D eigenvalue weighted by atomic mass is 10.2. The summed E-state index contributed by atoms with van der Waals surface area (Å²) in [5.74, 6) is 1.40. The average molecular weight is 489 g/mol. The first-order valence-electron chi connectivity index (χ1n) is 9.40. The quantitative estimate of drug-likeness (QED) is 0.384. The number of hydrogen-bond acceptors (Lipinski definition) is 3. The summed E-state index contributed by atoms with van der Waals surface area (Å²) in [4.78, 5) is 0. The molecule has 30 heavy (non-hydrogen) atoms. The molecule has 0 atom stereocenters. The van der Waals surface area contributed by atoms with Crippen molar-refractivity contribution in [3.63, 3.8) is 0 Å². The average Bonchev–Trinajstić information content (AvgIpc) is 3.01. The van der Waals surface area contributed by atoms with E-state index < -0.39 is 0 Å². The van der Waals surface area contributed by atoms with E-state index in [0.29, 0.717) is 41.8 Å². The van der Waals surface area contributed by atoms with Crippen molar-refractivity contribution in [1.29, 1.82) is 5.41 Å². The first-order chi connectivity index (χ1) is 14.2. The molecule has 0 unspecified atom stereocenters. The van der Waals surface area contributed by atoms with Crippen molar-refractivity contribution < 1.29 is 9.47 Å². The molecule has 0 saturated carbocycles. The van der Waals surface area contributed by atoms with Crippen molar-refractivity contribution in [3.8, 4) is 11.5 Å². The molecule has 0 radical (unpaired) electrons. The highest BCUT2D eigenvalue weighted by atomic mass is 79.9. The molecule has 1 N–H and O–H groups in total. The van der Waals surface area contributed by atoms with E-state index in [1.165, 1.54) is 0 Å². The number of para-hydroxylation sites is 4. The van der Waals surface area contributed by atoms with Crippen LogP contribution >= 0.6 is 28.6 Å². The van der Waals surface area contributed by atoms with Gasteiger partial charge < -0.3 is 18.6 Å². The molecule has 7 heteroatoms. The summed E-state index contributed by atoms with van der Waals surface area (Å²) in [5.41, 5.74) is 3.56. The van der Waals surface area contributed by atoms with Gasteiger partial charge in [0.2, 0.25) is 5.62 Å². The van der Waals surface area contributed by atoms with Gasteiger partial charge in [-0.3, -0.25) is 5.41 Å². The normalized spacial score (nSPS) is 10.6. The predicted octanol–water partition coefficient (Wildman–Crippen LogP) is 5.29. The number of imidazole rings is 1. The third kappa shape index (κ3) is 4.55. The van der Waals surface area contributed by atoms with Gasteiger partial charge in [-0.15, -0.1) is 17.0 Å². The van der Waals surface area contributed by atoms with Crippen LogP contribution in [0.3, 0.4) is 0 Å². The molecule has 4 aromatic rings. The third-order valence-electron chi connectivity index (χ3n) is 4.87. The maximum absolute atomic E-state index is 8.75. The molecule has 3 aromatic carbocycles. The topological polar surface area (TPSA) is 52.2 Å². The molecule has 1 heterocycles. The number of aromatic nitrogens is 2. The van der Waals surface area contributed by atoms with Crippen LogP contribution in [-0.4, -0.2) is 22.9 Å². The van der Waals surface area contributed by atoms with Gasteiger partial charge in [0, 0.05) is 5.02 Å². The zero-order chi connectivity index (χ0) is 20.2. The van der Waals surface area contributed by atoms with E-state index in [2.05, 4.69) is 0 Å². The minimum atomic E-state index is 0. The van der Waals surface area contributed by atoms with Crippen molar-refractivity contribution in [2.75, 3.05) is 13.7 Å². The van der Waals surface area contributed by atoms with Gasteiger partial charge in [0.25, 0.3) is 0 Å². The summed E-state index contributed by atoms with van der Waals surface area (Å²) in [6, 6.07) is 23.4. The molecule has 0 amide bonds. The Labute approximate surface area is 190 Å². The fourth-order valence-electron chi connectivity index (χ4n) is 3.44. The number of nitrogens with one attached hydrogen (secondary N) is 1. The van der Waals surface area contributed by atoms with E-state index >= 15 is 0 Å². The molecule has 0 fully saturated rings. The Hall–Kier alpha value is -2.70. The minimum Gasteiger partial charge on any atom is -0.493 e. The van der Waals surface area contributed by atoms with E-state index in [-0.39, 0.29) is 17.0 Å². The van der Waals surface area contributed by atoms with Crippen molar-refractivity contribution in [3.05, 3.63) is 89.0 Å². The fraction of sp³-hybridized carbons (Fsp3) is 0.174. The van der Waals surface area contributed by atoms with E-state index in [1.54, 1.807) is 7.11 Å². The molecule has 0 spiro atoms. The summed E-state index contributed by atoms with van der Waals surface area (Å²) in [6.07, 6.45) is 0. The highest BCUT2D eigenvalue weighted by molar-refractivity contribution is 8.93. The predicted molar refractivity (Wildman–Crippen MR) is 125 cm³/mol. The number of methoxy groups -OCH3 is 1. The number of ether oxygens (including phenoxy) is 2. The van der Waals surface area contributed by atoms with Crippen LogP contribution < -0.4 is 15.1 Å². The van der Waals surface area contributed by atoms with Crippen LogP contribution in [0.15, 0.2) is 72.8 Å². The molecule has 0 aliphatic heterocycles. The molecule has 1 aromatic heterocycles. The number of hydrogen-bond donors (Lipinski definition) is 1. The number of fused-ring (bicyclic) bond motifs is 1. The van der Waals surface area contributed by atoms with Gasteiger partial charge in [0.05, 0.1) is 31.2 Å². The molecule has 0 saturated heterocycles. The second-order valence-electron chi connectivity index (χ2n) is 6.68. The lowest BCUT2D eigenvalue weighted by Gasteiger charge is -2.11. The van der Waals surface area contributed by atoms with Crippen LogP contribution in [0.4, 0.5) is 0 Å². The van der Waals surface area contributed by atoms with Gasteiger partial charge >= 0.3 is 0 Å². The summed E-state index contributed by atoms with van der Waals surface area (Å²) in [7, 11) is 1.63. The Morgan fingerprint density at radius 3 is 2.10 bits per heavy atom. The molecule has 156 valence electrons. The van der Waals surface area contributed by atoms with Crippen molar-refractivity contribution in [2.24, 2.45) is 0 Å². The highest BCUT2D eigenvalue weighted by Crippen LogP contribution is 2.25. The van der Waals surface area contributed by atoms with Crippen molar-refractivity contribution in [1.82, 2.24) is 9.13 Å². The lowest BCUT2D eigenvalue weighted by Crippen LogP contribution is -2.27. The maximum Gasteiger partial charge on any atom is 0.203 e. The molecule has 0 bridgehead atoms. The Kier molecular flexibility index (Phi) is 7.24. The summed E-state index contributed by atoms with van der Waals surface area (Å²) in [5, 5.41) is 9.46. The Balaban J connectivity index is 0.00000256. The summed E-state index contributed by atoms with van der Waals surface area (Å²) >= 11 is 6.00. The van der Waals surface area contributed by atoms with E-state index in [1.807, 2.05) is 81.9 Å². The molecular formula is C23H23BrClN3O2. The number of nitrogens with zero attached hydrogens (tertiary/aromatic N) is 2. The lowest BCUT2D eigenvalue weighted by molar-refractivity contribution is 0.278. The molecule has 0 aliphatic rings. The molecule has 5 nitrogen and oxygen atoms in total. The van der Waals surface area contributed by atoms with Crippen molar-refractivity contribution in [2.45, 2.75) is 13.1 Å². The Morgan fingerprint density at radius 1 is 0.833 bits per heavy atom. The maximum atomic E-state index is 8.75. The Bertz CT molecular complexity index is 1190. The zero-order valence-electron chi connectivity index (χ0n) is 16.5. The first kappa shape index (κ1) is 22.0. The zero-order valence-corrected chi connectivity index (χ0v) is 19.0. The standard InChI is InChI=1S/C23H22ClN3O2.BrH/c1-28-21-8-4-5-9-22(21)29-15-14-26-19-6-2-3-7-20(19)27(23(26)25)16-17-10-12-18(24)13-11-17;/h2-13,25H,14-16H2,1H3;1H. The third-order valence-corrected chi connectivity index (χ3v) is 5.12. The minimum absolute atomic E-state index is 0. The monoisotopic (exact) mass is 487 g/mol. The van der Waals surface area contributed by atoms with Crippen LogP contribution in [-0.2, 0) is 13.1 Å². The second-order valence-corrected chi connectivity index (χ2v) is 7.11. The SMILES string of the molecule is Br.COc1ccccc1OCCn1c(=N)n(Cc2ccc(Cl)cc2)c2ccccc21. The van der Waals surface area contributed by atoms with Gasteiger partial charge in [0.15, 0.2) is 11.5 Å². The number of benzene rings is 3. The number of halogens is 2. The van der Waals surface area contributed by atoms with Gasteiger partial charge in [-0.25, -0.2) is 0 Å². The van der Waals surface area contributed by atoms with Gasteiger partial charge in [-0.05, 0) is 42.0 Å². The van der Waals surface area contributed by atoms with Crippen LogP contribution in [0.25, 0.3) is 11.0 Å². The molecule has 4 rings (SSSR count). The van der Waals surface area contributed by atoms with E-state index in [4.69, 9.17) is 26.5 Å². The van der Waals surface area contributed by atoms with Crippen LogP contribution in [0.1, 0.15) is 5.56 Å². The molecular weight excluding hydrogens is 466 g/mol. The molecule has 0 aliphatic carbocycles. The van der Waals surface area contributed by atoms with Gasteiger partial charge in [-0.1, -0.05) is 48.0 Å².